The number of rotatable bonds is 4. The molecule has 0 saturated carbocycles. The van der Waals surface area contributed by atoms with E-state index in [2.05, 4.69) is 23.8 Å². The lowest BCUT2D eigenvalue weighted by molar-refractivity contribution is 0.102. The van der Waals surface area contributed by atoms with E-state index in [0.717, 1.165) is 16.6 Å². The first-order chi connectivity index (χ1) is 7.66. The SMILES string of the molecule is CC(C)SCC(=O)c1ccc2nc[nH]c2c1. The van der Waals surface area contributed by atoms with Gasteiger partial charge in [-0.2, -0.15) is 11.8 Å². The van der Waals surface area contributed by atoms with Gasteiger partial charge in [-0.25, -0.2) is 4.98 Å². The number of benzene rings is 1. The lowest BCUT2D eigenvalue weighted by atomic mass is 10.1. The van der Waals surface area contributed by atoms with Crippen molar-refractivity contribution in [3.8, 4) is 0 Å². The predicted molar refractivity (Wildman–Crippen MR) is 68.0 cm³/mol. The monoisotopic (exact) mass is 234 g/mol. The first kappa shape index (κ1) is 11.2. The number of Topliss-reactive ketones (excluding diaryl/α,β-unsaturated/α-hetero) is 1. The summed E-state index contributed by atoms with van der Waals surface area (Å²) in [6, 6.07) is 5.58. The third-order valence-corrected chi connectivity index (χ3v) is 3.39. The number of nitrogens with one attached hydrogen (secondary N) is 1. The average Bonchev–Trinajstić information content (AvgIpc) is 2.72. The molecule has 0 aliphatic carbocycles. The Morgan fingerprint density at radius 3 is 3.06 bits per heavy atom. The summed E-state index contributed by atoms with van der Waals surface area (Å²) < 4.78 is 0. The van der Waals surface area contributed by atoms with Gasteiger partial charge >= 0.3 is 0 Å². The van der Waals surface area contributed by atoms with Crippen molar-refractivity contribution in [3.63, 3.8) is 0 Å². The van der Waals surface area contributed by atoms with E-state index in [9.17, 15) is 4.79 Å². The van der Waals surface area contributed by atoms with E-state index in [1.807, 2.05) is 18.2 Å². The molecule has 0 bridgehead atoms. The number of aromatic nitrogens is 2. The smallest absolute Gasteiger partial charge is 0.172 e. The summed E-state index contributed by atoms with van der Waals surface area (Å²) in [4.78, 5) is 19.0. The van der Waals surface area contributed by atoms with Crippen LogP contribution in [0.15, 0.2) is 24.5 Å². The second-order valence-electron chi connectivity index (χ2n) is 3.92. The van der Waals surface area contributed by atoms with Crippen LogP contribution in [0.25, 0.3) is 11.0 Å². The fraction of sp³-hybridized carbons (Fsp3) is 0.333. The number of aromatic amines is 1. The predicted octanol–water partition coefficient (Wildman–Crippen LogP) is 2.89. The largest absolute Gasteiger partial charge is 0.345 e. The van der Waals surface area contributed by atoms with Crippen LogP contribution in [0, 0.1) is 0 Å². The standard InChI is InChI=1S/C12H14N2OS/c1-8(2)16-6-12(15)9-3-4-10-11(5-9)14-7-13-10/h3-5,7-8H,6H2,1-2H3,(H,13,14). The molecule has 0 atom stereocenters. The molecule has 0 unspecified atom stereocenters. The third kappa shape index (κ3) is 2.44. The Morgan fingerprint density at radius 2 is 2.31 bits per heavy atom. The van der Waals surface area contributed by atoms with E-state index in [0.29, 0.717) is 11.0 Å². The van der Waals surface area contributed by atoms with Crippen molar-refractivity contribution in [1.29, 1.82) is 0 Å². The van der Waals surface area contributed by atoms with Crippen LogP contribution in [0.2, 0.25) is 0 Å². The maximum Gasteiger partial charge on any atom is 0.172 e. The summed E-state index contributed by atoms with van der Waals surface area (Å²) in [6.45, 7) is 4.19. The summed E-state index contributed by atoms with van der Waals surface area (Å²) in [5.41, 5.74) is 2.57. The van der Waals surface area contributed by atoms with Crippen LogP contribution in [0.5, 0.6) is 0 Å². The number of nitrogens with zero attached hydrogens (tertiary/aromatic N) is 1. The van der Waals surface area contributed by atoms with Crippen LogP contribution in [-0.4, -0.2) is 26.8 Å². The first-order valence-corrected chi connectivity index (χ1v) is 6.29. The summed E-state index contributed by atoms with van der Waals surface area (Å²) >= 11 is 1.67. The number of thioether (sulfide) groups is 1. The van der Waals surface area contributed by atoms with Crippen molar-refractivity contribution in [2.45, 2.75) is 19.1 Å². The van der Waals surface area contributed by atoms with Crippen LogP contribution in [0.4, 0.5) is 0 Å². The minimum absolute atomic E-state index is 0.176. The molecule has 0 amide bonds. The summed E-state index contributed by atoms with van der Waals surface area (Å²) in [6.07, 6.45) is 1.64. The van der Waals surface area contributed by atoms with Gasteiger partial charge in [-0.3, -0.25) is 4.79 Å². The highest BCUT2D eigenvalue weighted by Gasteiger charge is 2.08. The highest BCUT2D eigenvalue weighted by molar-refractivity contribution is 8.00. The second-order valence-corrected chi connectivity index (χ2v) is 5.48. The normalized spacial score (nSPS) is 11.2. The molecule has 0 fully saturated rings. The van der Waals surface area contributed by atoms with Gasteiger partial charge in [-0.05, 0) is 23.4 Å². The third-order valence-electron chi connectivity index (χ3n) is 2.29. The van der Waals surface area contributed by atoms with E-state index < -0.39 is 0 Å². The van der Waals surface area contributed by atoms with Crippen molar-refractivity contribution in [1.82, 2.24) is 9.97 Å². The molecule has 2 aromatic rings. The van der Waals surface area contributed by atoms with Crippen molar-refractivity contribution < 1.29 is 4.79 Å². The molecule has 4 heteroatoms. The Morgan fingerprint density at radius 1 is 1.50 bits per heavy atom. The molecule has 1 heterocycles. The second kappa shape index (κ2) is 4.70. The minimum atomic E-state index is 0.176. The zero-order valence-electron chi connectivity index (χ0n) is 9.36. The zero-order chi connectivity index (χ0) is 11.5. The molecule has 84 valence electrons. The number of imidazole rings is 1. The lowest BCUT2D eigenvalue weighted by Gasteiger charge is -2.03. The molecule has 0 radical (unpaired) electrons. The lowest BCUT2D eigenvalue weighted by Crippen LogP contribution is -2.04. The van der Waals surface area contributed by atoms with E-state index >= 15 is 0 Å². The highest BCUT2D eigenvalue weighted by atomic mass is 32.2. The molecule has 2 rings (SSSR count). The molecule has 3 nitrogen and oxygen atoms in total. The van der Waals surface area contributed by atoms with Gasteiger partial charge < -0.3 is 4.98 Å². The molecular weight excluding hydrogens is 220 g/mol. The molecule has 1 N–H and O–H groups in total. The van der Waals surface area contributed by atoms with Gasteiger partial charge in [0.15, 0.2) is 5.78 Å². The number of carbonyl (C=O) groups excluding carboxylic acids is 1. The molecule has 16 heavy (non-hydrogen) atoms. The van der Waals surface area contributed by atoms with Crippen LogP contribution >= 0.6 is 11.8 Å². The van der Waals surface area contributed by atoms with E-state index in [-0.39, 0.29) is 5.78 Å². The number of hydrogen-bond donors (Lipinski definition) is 1. The van der Waals surface area contributed by atoms with Gasteiger partial charge in [0, 0.05) is 5.56 Å². The van der Waals surface area contributed by atoms with Crippen LogP contribution in [0.3, 0.4) is 0 Å². The highest BCUT2D eigenvalue weighted by Crippen LogP contribution is 2.16. The molecule has 0 aliphatic rings. The Hall–Kier alpha value is -1.29. The molecule has 0 saturated heterocycles. The van der Waals surface area contributed by atoms with Gasteiger partial charge in [0.1, 0.15) is 0 Å². The van der Waals surface area contributed by atoms with Crippen molar-refractivity contribution >= 4 is 28.6 Å². The summed E-state index contributed by atoms with van der Waals surface area (Å²) in [5, 5.41) is 0.486. The number of carbonyl (C=O) groups is 1. The maximum atomic E-state index is 11.9. The summed E-state index contributed by atoms with van der Waals surface area (Å²) in [5.74, 6) is 0.715. The maximum absolute atomic E-state index is 11.9. The first-order valence-electron chi connectivity index (χ1n) is 5.25. The Bertz CT molecular complexity index is 504. The van der Waals surface area contributed by atoms with Gasteiger partial charge in [0.05, 0.1) is 23.1 Å². The Balaban J connectivity index is 2.16. The Labute approximate surface area is 98.7 Å². The minimum Gasteiger partial charge on any atom is -0.345 e. The molecular formula is C12H14N2OS. The van der Waals surface area contributed by atoms with Crippen molar-refractivity contribution in [2.24, 2.45) is 0 Å². The fourth-order valence-electron chi connectivity index (χ4n) is 1.43. The number of hydrogen-bond acceptors (Lipinski definition) is 3. The molecule has 1 aromatic heterocycles. The zero-order valence-corrected chi connectivity index (χ0v) is 10.2. The van der Waals surface area contributed by atoms with Crippen molar-refractivity contribution in [2.75, 3.05) is 5.75 Å². The fourth-order valence-corrected chi connectivity index (χ4v) is 2.09. The van der Waals surface area contributed by atoms with Crippen LogP contribution in [0.1, 0.15) is 24.2 Å². The number of fused-ring (bicyclic) bond motifs is 1. The van der Waals surface area contributed by atoms with Gasteiger partial charge in [0.2, 0.25) is 0 Å². The van der Waals surface area contributed by atoms with E-state index in [1.165, 1.54) is 0 Å². The van der Waals surface area contributed by atoms with Crippen molar-refractivity contribution in [3.05, 3.63) is 30.1 Å². The van der Waals surface area contributed by atoms with Crippen LogP contribution in [-0.2, 0) is 0 Å². The quantitative estimate of drug-likeness (QED) is 0.827. The van der Waals surface area contributed by atoms with E-state index in [4.69, 9.17) is 0 Å². The summed E-state index contributed by atoms with van der Waals surface area (Å²) in [7, 11) is 0. The number of H-pyrrole nitrogens is 1. The van der Waals surface area contributed by atoms with Gasteiger partial charge in [-0.1, -0.05) is 13.8 Å². The Kier molecular flexibility index (Phi) is 3.29. The number of ketones is 1. The average molecular weight is 234 g/mol. The topological polar surface area (TPSA) is 45.8 Å². The molecule has 0 spiro atoms. The van der Waals surface area contributed by atoms with Gasteiger partial charge in [-0.15, -0.1) is 0 Å². The van der Waals surface area contributed by atoms with E-state index in [1.54, 1.807) is 18.1 Å². The molecule has 1 aromatic carbocycles. The molecule has 0 aliphatic heterocycles. The van der Waals surface area contributed by atoms with Crippen LogP contribution < -0.4 is 0 Å². The van der Waals surface area contributed by atoms with Gasteiger partial charge in [0.25, 0.3) is 0 Å².